The molecular formula is C20H20N2O5S2. The number of thiocarbonyl (C=S) groups is 1. The van der Waals surface area contributed by atoms with Gasteiger partial charge in [0.05, 0.1) is 17.9 Å². The van der Waals surface area contributed by atoms with Crippen molar-refractivity contribution in [1.82, 2.24) is 9.47 Å². The fourth-order valence-corrected chi connectivity index (χ4v) is 4.50. The van der Waals surface area contributed by atoms with Crippen LogP contribution in [0.15, 0.2) is 29.2 Å². The summed E-state index contributed by atoms with van der Waals surface area (Å²) in [6.07, 6.45) is 1.59. The molecule has 2 aromatic rings. The summed E-state index contributed by atoms with van der Waals surface area (Å²) in [5, 5.41) is 9.78. The van der Waals surface area contributed by atoms with E-state index in [1.54, 1.807) is 13.0 Å². The van der Waals surface area contributed by atoms with Crippen LogP contribution in [0.5, 0.6) is 0 Å². The highest BCUT2D eigenvalue weighted by molar-refractivity contribution is 8.26. The molecule has 1 saturated heterocycles. The average molecular weight is 433 g/mol. The lowest BCUT2D eigenvalue weighted by Crippen LogP contribution is -2.30. The van der Waals surface area contributed by atoms with Crippen LogP contribution in [-0.2, 0) is 25.7 Å². The van der Waals surface area contributed by atoms with E-state index in [2.05, 4.69) is 0 Å². The van der Waals surface area contributed by atoms with E-state index in [9.17, 15) is 14.4 Å². The molecule has 1 aliphatic heterocycles. The molecule has 2 heterocycles. The lowest BCUT2D eigenvalue weighted by atomic mass is 10.1. The van der Waals surface area contributed by atoms with Gasteiger partial charge >= 0.3 is 11.9 Å². The third kappa shape index (κ3) is 4.35. The van der Waals surface area contributed by atoms with Crippen molar-refractivity contribution in [3.8, 4) is 0 Å². The molecule has 29 heavy (non-hydrogen) atoms. The maximum Gasteiger partial charge on any atom is 0.325 e. The van der Waals surface area contributed by atoms with E-state index in [0.717, 1.165) is 33.9 Å². The van der Waals surface area contributed by atoms with E-state index in [4.69, 9.17) is 22.1 Å². The summed E-state index contributed by atoms with van der Waals surface area (Å²) in [5.74, 6) is -1.62. The van der Waals surface area contributed by atoms with Crippen molar-refractivity contribution in [2.24, 2.45) is 0 Å². The van der Waals surface area contributed by atoms with E-state index in [1.807, 2.05) is 35.8 Å². The molecule has 0 bridgehead atoms. The van der Waals surface area contributed by atoms with E-state index < -0.39 is 5.97 Å². The zero-order chi connectivity index (χ0) is 21.1. The standard InChI is InChI=1S/C20H20N2O5S2/c1-3-27-18(25)11-22-12(2)14(13-6-4-5-7-15(13)22)10-16-19(26)21(20(28)29-16)9-8-17(23)24/h4-7,10H,3,8-9,11H2,1-2H3,(H,23,24). The number of fused-ring (bicyclic) bond motifs is 1. The van der Waals surface area contributed by atoms with Crippen LogP contribution in [0.4, 0.5) is 0 Å². The summed E-state index contributed by atoms with van der Waals surface area (Å²) in [6.45, 7) is 4.07. The quantitative estimate of drug-likeness (QED) is 0.408. The van der Waals surface area contributed by atoms with Gasteiger partial charge in [-0.15, -0.1) is 0 Å². The zero-order valence-corrected chi connectivity index (χ0v) is 17.6. The van der Waals surface area contributed by atoms with Crippen molar-refractivity contribution in [2.45, 2.75) is 26.8 Å². The summed E-state index contributed by atoms with van der Waals surface area (Å²) in [7, 11) is 0. The Hall–Kier alpha value is -2.65. The lowest BCUT2D eigenvalue weighted by molar-refractivity contribution is -0.143. The summed E-state index contributed by atoms with van der Waals surface area (Å²) in [4.78, 5) is 37.3. The molecule has 1 aliphatic rings. The van der Waals surface area contributed by atoms with Crippen molar-refractivity contribution >= 4 is 63.1 Å². The number of ether oxygens (including phenoxy) is 1. The Balaban J connectivity index is 1.99. The largest absolute Gasteiger partial charge is 0.481 e. The Kier molecular flexibility index (Phi) is 6.39. The van der Waals surface area contributed by atoms with Crippen LogP contribution < -0.4 is 0 Å². The Labute approximate surface area is 177 Å². The molecule has 1 aromatic heterocycles. The van der Waals surface area contributed by atoms with Gasteiger partial charge < -0.3 is 14.4 Å². The van der Waals surface area contributed by atoms with Crippen LogP contribution in [0.2, 0.25) is 0 Å². The van der Waals surface area contributed by atoms with Crippen molar-refractivity contribution < 1.29 is 24.2 Å². The topological polar surface area (TPSA) is 88.8 Å². The van der Waals surface area contributed by atoms with Crippen LogP contribution in [0.3, 0.4) is 0 Å². The second-order valence-corrected chi connectivity index (χ2v) is 8.06. The van der Waals surface area contributed by atoms with Gasteiger partial charge in [-0.25, -0.2) is 0 Å². The SMILES string of the molecule is CCOC(=O)Cn1c(C)c(C=C2SC(=S)N(CCC(=O)O)C2=O)c2ccccc21. The lowest BCUT2D eigenvalue weighted by Gasteiger charge is -2.12. The second kappa shape index (κ2) is 8.79. The molecule has 3 rings (SSSR count). The van der Waals surface area contributed by atoms with Crippen molar-refractivity contribution in [1.29, 1.82) is 0 Å². The summed E-state index contributed by atoms with van der Waals surface area (Å²) < 4.78 is 7.29. The van der Waals surface area contributed by atoms with E-state index >= 15 is 0 Å². The smallest absolute Gasteiger partial charge is 0.325 e. The molecule has 1 amide bonds. The third-order valence-electron chi connectivity index (χ3n) is 4.57. The van der Waals surface area contributed by atoms with Crippen LogP contribution in [0.1, 0.15) is 24.6 Å². The molecule has 0 atom stereocenters. The van der Waals surface area contributed by atoms with Crippen molar-refractivity contribution in [3.63, 3.8) is 0 Å². The highest BCUT2D eigenvalue weighted by Crippen LogP contribution is 2.35. The van der Waals surface area contributed by atoms with E-state index in [1.165, 1.54) is 4.90 Å². The maximum absolute atomic E-state index is 12.7. The average Bonchev–Trinajstić information content (AvgIpc) is 3.09. The monoisotopic (exact) mass is 432 g/mol. The molecule has 1 N–H and O–H groups in total. The number of aromatic nitrogens is 1. The fraction of sp³-hybridized carbons (Fsp3) is 0.300. The van der Waals surface area contributed by atoms with E-state index in [-0.39, 0.29) is 31.4 Å². The predicted molar refractivity (Wildman–Crippen MR) is 115 cm³/mol. The summed E-state index contributed by atoms with van der Waals surface area (Å²) in [5.41, 5.74) is 2.52. The number of aliphatic carboxylic acids is 1. The molecule has 0 spiro atoms. The van der Waals surface area contributed by atoms with Gasteiger partial charge in [0.15, 0.2) is 0 Å². The molecule has 0 aliphatic carbocycles. The predicted octanol–water partition coefficient (Wildman–Crippen LogP) is 3.19. The molecule has 0 radical (unpaired) electrons. The Bertz CT molecular complexity index is 1040. The first-order valence-corrected chi connectivity index (χ1v) is 10.3. The molecule has 7 nitrogen and oxygen atoms in total. The van der Waals surface area contributed by atoms with Crippen LogP contribution in [0.25, 0.3) is 17.0 Å². The van der Waals surface area contributed by atoms with Crippen molar-refractivity contribution in [3.05, 3.63) is 40.4 Å². The molecule has 1 fully saturated rings. The first-order chi connectivity index (χ1) is 13.8. The van der Waals surface area contributed by atoms with Gasteiger partial charge in [-0.1, -0.05) is 42.2 Å². The number of rotatable bonds is 7. The van der Waals surface area contributed by atoms with Gasteiger partial charge in [0.1, 0.15) is 10.9 Å². The Morgan fingerprint density at radius 2 is 2.03 bits per heavy atom. The Morgan fingerprint density at radius 3 is 2.72 bits per heavy atom. The molecule has 152 valence electrons. The van der Waals surface area contributed by atoms with Crippen LogP contribution >= 0.6 is 24.0 Å². The number of esters is 1. The summed E-state index contributed by atoms with van der Waals surface area (Å²) in [6, 6.07) is 7.63. The minimum Gasteiger partial charge on any atom is -0.481 e. The second-order valence-electron chi connectivity index (χ2n) is 6.38. The molecule has 9 heteroatoms. The van der Waals surface area contributed by atoms with Gasteiger partial charge in [0.2, 0.25) is 0 Å². The minimum atomic E-state index is -0.985. The number of benzene rings is 1. The van der Waals surface area contributed by atoms with Crippen LogP contribution in [-0.4, -0.2) is 49.9 Å². The summed E-state index contributed by atoms with van der Waals surface area (Å²) >= 11 is 6.40. The van der Waals surface area contributed by atoms with Gasteiger partial charge in [0, 0.05) is 28.7 Å². The molecular weight excluding hydrogens is 412 g/mol. The zero-order valence-electron chi connectivity index (χ0n) is 16.0. The first-order valence-electron chi connectivity index (χ1n) is 9.04. The fourth-order valence-electron chi connectivity index (χ4n) is 3.21. The first kappa shape index (κ1) is 21.1. The van der Waals surface area contributed by atoms with Crippen molar-refractivity contribution in [2.75, 3.05) is 13.2 Å². The number of hydrogen-bond donors (Lipinski definition) is 1. The maximum atomic E-state index is 12.7. The van der Waals surface area contributed by atoms with Gasteiger partial charge in [0.25, 0.3) is 5.91 Å². The number of carboxylic acid groups (broad SMARTS) is 1. The number of hydrogen-bond acceptors (Lipinski definition) is 6. The van der Waals surface area contributed by atoms with Gasteiger partial charge in [-0.3, -0.25) is 19.3 Å². The highest BCUT2D eigenvalue weighted by Gasteiger charge is 2.32. The molecule has 0 saturated carbocycles. The molecule has 1 aromatic carbocycles. The number of nitrogens with zero attached hydrogens (tertiary/aromatic N) is 2. The van der Waals surface area contributed by atoms with E-state index in [0.29, 0.717) is 15.8 Å². The number of carbonyl (C=O) groups is 3. The number of amides is 1. The van der Waals surface area contributed by atoms with Gasteiger partial charge in [-0.05, 0) is 26.0 Å². The minimum absolute atomic E-state index is 0.0426. The number of carbonyl (C=O) groups excluding carboxylic acids is 2. The number of carboxylic acids is 1. The third-order valence-corrected chi connectivity index (χ3v) is 5.95. The number of thioether (sulfide) groups is 1. The Morgan fingerprint density at radius 1 is 1.31 bits per heavy atom. The normalized spacial score (nSPS) is 15.5. The molecule has 0 unspecified atom stereocenters. The van der Waals surface area contributed by atoms with Crippen LogP contribution in [0, 0.1) is 6.92 Å². The number of para-hydroxylation sites is 1. The highest BCUT2D eigenvalue weighted by atomic mass is 32.2. The van der Waals surface area contributed by atoms with Gasteiger partial charge in [-0.2, -0.15) is 0 Å².